The van der Waals surface area contributed by atoms with Crippen molar-refractivity contribution < 1.29 is 13.9 Å². The van der Waals surface area contributed by atoms with Crippen LogP contribution in [0.25, 0.3) is 0 Å². The number of carbonyl (C=O) groups excluding carboxylic acids is 1. The van der Waals surface area contributed by atoms with Gasteiger partial charge in [0.2, 0.25) is 0 Å². The highest BCUT2D eigenvalue weighted by atomic mass is 35.5. The summed E-state index contributed by atoms with van der Waals surface area (Å²) in [7, 11) is 0. The molecule has 0 aliphatic carbocycles. The first-order chi connectivity index (χ1) is 12.1. The van der Waals surface area contributed by atoms with Crippen LogP contribution in [0.15, 0.2) is 42.5 Å². The first kappa shape index (κ1) is 16.4. The second-order valence-corrected chi connectivity index (χ2v) is 6.94. The third-order valence-electron chi connectivity index (χ3n) is 4.76. The number of amides is 1. The number of cyclic esters (lactones) is 1. The average molecular weight is 361 g/mol. The highest BCUT2D eigenvalue weighted by molar-refractivity contribution is 6.30. The van der Waals surface area contributed by atoms with Gasteiger partial charge in [-0.2, -0.15) is 0 Å². The molecule has 6 heteroatoms. The van der Waals surface area contributed by atoms with Gasteiger partial charge in [-0.3, -0.25) is 9.80 Å². The molecule has 2 aromatic carbocycles. The Morgan fingerprint density at radius 2 is 2.00 bits per heavy atom. The molecular formula is C19H18ClFN2O2. The quantitative estimate of drug-likeness (QED) is 0.804. The van der Waals surface area contributed by atoms with Crippen molar-refractivity contribution in [1.82, 2.24) is 4.90 Å². The van der Waals surface area contributed by atoms with Crippen LogP contribution in [0.3, 0.4) is 0 Å². The molecule has 1 atom stereocenters. The van der Waals surface area contributed by atoms with Crippen molar-refractivity contribution in [2.75, 3.05) is 18.1 Å². The third-order valence-corrected chi connectivity index (χ3v) is 5.01. The van der Waals surface area contributed by atoms with Gasteiger partial charge in [0.25, 0.3) is 0 Å². The van der Waals surface area contributed by atoms with Crippen LogP contribution in [0.5, 0.6) is 0 Å². The standard InChI is InChI=1S/C19H18ClFN2O2/c20-15-4-1-13(2-5-15)10-22-8-7-17-12-25-19(24)23(17)18-9-16(21)6-3-14(18)11-22/h1-6,9,17H,7-8,10-12H2. The van der Waals surface area contributed by atoms with Crippen LogP contribution >= 0.6 is 11.6 Å². The van der Waals surface area contributed by atoms with Crippen molar-refractivity contribution in [2.24, 2.45) is 0 Å². The van der Waals surface area contributed by atoms with Crippen LogP contribution in [-0.4, -0.2) is 30.2 Å². The van der Waals surface area contributed by atoms with Gasteiger partial charge in [-0.1, -0.05) is 29.8 Å². The maximum Gasteiger partial charge on any atom is 0.414 e. The Labute approximate surface area is 150 Å². The Morgan fingerprint density at radius 1 is 1.20 bits per heavy atom. The molecule has 4 rings (SSSR count). The molecule has 1 saturated heterocycles. The van der Waals surface area contributed by atoms with Gasteiger partial charge in [-0.25, -0.2) is 9.18 Å². The molecule has 1 fully saturated rings. The molecule has 0 aromatic heterocycles. The molecule has 2 aromatic rings. The van der Waals surface area contributed by atoms with Gasteiger partial charge in [0.15, 0.2) is 0 Å². The Hall–Kier alpha value is -2.11. The van der Waals surface area contributed by atoms with E-state index in [9.17, 15) is 9.18 Å². The number of fused-ring (bicyclic) bond motifs is 3. The minimum atomic E-state index is -0.386. The Bertz CT molecular complexity index is 797. The summed E-state index contributed by atoms with van der Waals surface area (Å²) in [6.07, 6.45) is 0.401. The fourth-order valence-corrected chi connectivity index (χ4v) is 3.62. The van der Waals surface area contributed by atoms with E-state index in [0.29, 0.717) is 18.8 Å². The first-order valence-electron chi connectivity index (χ1n) is 8.31. The summed E-state index contributed by atoms with van der Waals surface area (Å²) in [5.41, 5.74) is 2.72. The summed E-state index contributed by atoms with van der Waals surface area (Å²) < 4.78 is 19.0. The predicted molar refractivity (Wildman–Crippen MR) is 94.2 cm³/mol. The van der Waals surface area contributed by atoms with E-state index in [1.165, 1.54) is 17.7 Å². The zero-order chi connectivity index (χ0) is 17.4. The van der Waals surface area contributed by atoms with Gasteiger partial charge in [0.05, 0.1) is 11.7 Å². The maximum absolute atomic E-state index is 13.8. The third kappa shape index (κ3) is 3.34. The summed E-state index contributed by atoms with van der Waals surface area (Å²) in [5.74, 6) is -0.345. The van der Waals surface area contributed by atoms with Crippen LogP contribution in [0, 0.1) is 5.82 Å². The van der Waals surface area contributed by atoms with Crippen molar-refractivity contribution in [1.29, 1.82) is 0 Å². The number of anilines is 1. The smallest absolute Gasteiger partial charge is 0.414 e. The molecular weight excluding hydrogens is 343 g/mol. The lowest BCUT2D eigenvalue weighted by Crippen LogP contribution is -2.40. The number of halogens is 2. The average Bonchev–Trinajstić information content (AvgIpc) is 2.94. The lowest BCUT2D eigenvalue weighted by Gasteiger charge is -2.32. The summed E-state index contributed by atoms with van der Waals surface area (Å²) >= 11 is 5.96. The van der Waals surface area contributed by atoms with E-state index >= 15 is 0 Å². The van der Waals surface area contributed by atoms with Gasteiger partial charge < -0.3 is 4.74 Å². The van der Waals surface area contributed by atoms with Gasteiger partial charge in [0.1, 0.15) is 12.4 Å². The van der Waals surface area contributed by atoms with E-state index in [-0.39, 0.29) is 18.0 Å². The van der Waals surface area contributed by atoms with Crippen molar-refractivity contribution in [3.05, 3.63) is 64.4 Å². The number of benzene rings is 2. The van der Waals surface area contributed by atoms with E-state index in [2.05, 4.69) is 4.90 Å². The number of hydrogen-bond donors (Lipinski definition) is 0. The minimum Gasteiger partial charge on any atom is -0.447 e. The Morgan fingerprint density at radius 3 is 2.80 bits per heavy atom. The highest BCUT2D eigenvalue weighted by Crippen LogP contribution is 2.32. The van der Waals surface area contributed by atoms with Crippen molar-refractivity contribution >= 4 is 23.4 Å². The number of carbonyl (C=O) groups is 1. The summed E-state index contributed by atoms with van der Waals surface area (Å²) in [5, 5.41) is 0.717. The van der Waals surface area contributed by atoms with E-state index in [4.69, 9.17) is 16.3 Å². The summed E-state index contributed by atoms with van der Waals surface area (Å²) in [6.45, 7) is 2.60. The number of nitrogens with zero attached hydrogens (tertiary/aromatic N) is 2. The molecule has 25 heavy (non-hydrogen) atoms. The second kappa shape index (κ2) is 6.65. The summed E-state index contributed by atoms with van der Waals surface area (Å²) in [4.78, 5) is 16.0. The molecule has 2 heterocycles. The Balaban J connectivity index is 1.64. The molecule has 0 N–H and O–H groups in total. The molecule has 0 spiro atoms. The molecule has 0 bridgehead atoms. The van der Waals surface area contributed by atoms with Crippen molar-refractivity contribution in [3.8, 4) is 0 Å². The molecule has 4 nitrogen and oxygen atoms in total. The zero-order valence-electron chi connectivity index (χ0n) is 13.6. The number of ether oxygens (including phenoxy) is 1. The van der Waals surface area contributed by atoms with Crippen LogP contribution in [0.2, 0.25) is 5.02 Å². The lowest BCUT2D eigenvalue weighted by atomic mass is 10.0. The van der Waals surface area contributed by atoms with Gasteiger partial charge in [-0.05, 0) is 41.8 Å². The van der Waals surface area contributed by atoms with E-state index in [1.807, 2.05) is 24.3 Å². The first-order valence-corrected chi connectivity index (χ1v) is 8.69. The lowest BCUT2D eigenvalue weighted by molar-refractivity contribution is 0.177. The van der Waals surface area contributed by atoms with Gasteiger partial charge >= 0.3 is 6.09 Å². The van der Waals surface area contributed by atoms with Gasteiger partial charge in [0, 0.05) is 24.7 Å². The Kier molecular flexibility index (Phi) is 4.36. The fraction of sp³-hybridized carbons (Fsp3) is 0.316. The summed E-state index contributed by atoms with van der Waals surface area (Å²) in [6, 6.07) is 12.4. The van der Waals surface area contributed by atoms with E-state index < -0.39 is 0 Å². The van der Waals surface area contributed by atoms with E-state index in [0.717, 1.165) is 30.1 Å². The van der Waals surface area contributed by atoms with Gasteiger partial charge in [-0.15, -0.1) is 0 Å². The number of rotatable bonds is 2. The zero-order valence-corrected chi connectivity index (χ0v) is 14.4. The molecule has 2 aliphatic heterocycles. The topological polar surface area (TPSA) is 32.8 Å². The van der Waals surface area contributed by atoms with Crippen LogP contribution in [0.4, 0.5) is 14.9 Å². The molecule has 1 unspecified atom stereocenters. The molecule has 2 aliphatic rings. The number of hydrogen-bond acceptors (Lipinski definition) is 3. The minimum absolute atomic E-state index is 0.0546. The van der Waals surface area contributed by atoms with Crippen LogP contribution < -0.4 is 4.90 Å². The SMILES string of the molecule is O=C1OCC2CCN(Cc3ccc(Cl)cc3)Cc3ccc(F)cc3N12. The van der Waals surface area contributed by atoms with Crippen LogP contribution in [0.1, 0.15) is 17.5 Å². The predicted octanol–water partition coefficient (Wildman–Crippen LogP) is 4.21. The monoisotopic (exact) mass is 360 g/mol. The normalized spacial score (nSPS) is 20.5. The van der Waals surface area contributed by atoms with E-state index in [1.54, 1.807) is 11.0 Å². The largest absolute Gasteiger partial charge is 0.447 e. The molecule has 0 saturated carbocycles. The van der Waals surface area contributed by atoms with Crippen molar-refractivity contribution in [2.45, 2.75) is 25.6 Å². The highest BCUT2D eigenvalue weighted by Gasteiger charge is 2.37. The maximum atomic E-state index is 13.8. The second-order valence-electron chi connectivity index (χ2n) is 6.50. The fourth-order valence-electron chi connectivity index (χ4n) is 3.50. The molecule has 0 radical (unpaired) electrons. The molecule has 130 valence electrons. The van der Waals surface area contributed by atoms with Crippen molar-refractivity contribution in [3.63, 3.8) is 0 Å². The van der Waals surface area contributed by atoms with Crippen LogP contribution in [-0.2, 0) is 17.8 Å². The molecule has 1 amide bonds.